The first-order valence-corrected chi connectivity index (χ1v) is 10.2. The van der Waals surface area contributed by atoms with Crippen molar-refractivity contribution in [3.05, 3.63) is 83.3 Å². The summed E-state index contributed by atoms with van der Waals surface area (Å²) in [7, 11) is -0.675. The van der Waals surface area contributed by atoms with Crippen LogP contribution in [0, 0.1) is 0 Å². The van der Waals surface area contributed by atoms with E-state index < -0.39 is 10.0 Å². The molecule has 6 nitrogen and oxygen atoms in total. The van der Waals surface area contributed by atoms with Gasteiger partial charge in [-0.25, -0.2) is 8.42 Å². The van der Waals surface area contributed by atoms with E-state index in [0.717, 1.165) is 4.31 Å². The minimum atomic E-state index is -3.78. The van der Waals surface area contributed by atoms with Crippen LogP contribution in [0.5, 0.6) is 0 Å². The van der Waals surface area contributed by atoms with Crippen molar-refractivity contribution in [2.24, 2.45) is 0 Å². The van der Waals surface area contributed by atoms with Gasteiger partial charge in [-0.2, -0.15) is 0 Å². The van der Waals surface area contributed by atoms with Gasteiger partial charge in [-0.1, -0.05) is 17.7 Å². The Morgan fingerprint density at radius 3 is 2.39 bits per heavy atom. The number of hydrogen-bond acceptors (Lipinski definition) is 4. The summed E-state index contributed by atoms with van der Waals surface area (Å²) in [5, 5.41) is 0.453. The van der Waals surface area contributed by atoms with E-state index in [-0.39, 0.29) is 10.8 Å². The molecule has 8 heteroatoms. The van der Waals surface area contributed by atoms with E-state index >= 15 is 0 Å². The number of hydrogen-bond donors (Lipinski definition) is 0. The summed E-state index contributed by atoms with van der Waals surface area (Å²) in [6.07, 6.45) is 1.55. The van der Waals surface area contributed by atoms with Gasteiger partial charge in [0.15, 0.2) is 0 Å². The Hall–Kier alpha value is -2.77. The average Bonchev–Trinajstić information content (AvgIpc) is 3.20. The van der Waals surface area contributed by atoms with Crippen LogP contribution in [0.1, 0.15) is 16.1 Å². The highest BCUT2D eigenvalue weighted by atomic mass is 35.5. The molecule has 0 aliphatic rings. The quantitative estimate of drug-likeness (QED) is 0.606. The maximum Gasteiger partial charge on any atom is 0.264 e. The molecule has 0 radical (unpaired) electrons. The monoisotopic (exact) mass is 418 g/mol. The fourth-order valence-corrected chi connectivity index (χ4v) is 3.98. The zero-order chi connectivity index (χ0) is 20.3. The van der Waals surface area contributed by atoms with Gasteiger partial charge in [0, 0.05) is 24.7 Å². The molecule has 0 saturated carbocycles. The van der Waals surface area contributed by atoms with Gasteiger partial charge in [-0.3, -0.25) is 9.10 Å². The number of furan rings is 1. The number of nitrogens with zero attached hydrogens (tertiary/aromatic N) is 2. The third-order valence-electron chi connectivity index (χ3n) is 4.25. The van der Waals surface area contributed by atoms with Gasteiger partial charge in [0.2, 0.25) is 0 Å². The molecule has 0 N–H and O–H groups in total. The van der Waals surface area contributed by atoms with Crippen molar-refractivity contribution in [1.82, 2.24) is 4.90 Å². The van der Waals surface area contributed by atoms with Crippen molar-refractivity contribution in [2.45, 2.75) is 11.4 Å². The Morgan fingerprint density at radius 1 is 1.04 bits per heavy atom. The summed E-state index contributed by atoms with van der Waals surface area (Å²) in [5.41, 5.74) is 0.761. The predicted octanol–water partition coefficient (Wildman–Crippen LogP) is 4.03. The molecular formula is C20H19ClN2O4S. The first-order chi connectivity index (χ1) is 13.3. The molecule has 146 valence electrons. The summed E-state index contributed by atoms with van der Waals surface area (Å²) >= 11 is 5.84. The van der Waals surface area contributed by atoms with E-state index in [1.807, 2.05) is 0 Å². The SMILES string of the molecule is CN(Cc1ccco1)C(=O)c1cccc(N(C)S(=O)(=O)c2ccc(Cl)cc2)c1. The van der Waals surface area contributed by atoms with Crippen LogP contribution < -0.4 is 4.31 Å². The fraction of sp³-hybridized carbons (Fsp3) is 0.150. The smallest absolute Gasteiger partial charge is 0.264 e. The molecule has 0 aliphatic heterocycles. The molecule has 0 spiro atoms. The Balaban J connectivity index is 1.83. The number of rotatable bonds is 6. The lowest BCUT2D eigenvalue weighted by Gasteiger charge is -2.21. The van der Waals surface area contributed by atoms with Crippen LogP contribution in [0.15, 0.2) is 76.2 Å². The van der Waals surface area contributed by atoms with Crippen molar-refractivity contribution in [1.29, 1.82) is 0 Å². The van der Waals surface area contributed by atoms with Crippen molar-refractivity contribution in [3.63, 3.8) is 0 Å². The molecule has 0 saturated heterocycles. The highest BCUT2D eigenvalue weighted by Gasteiger charge is 2.22. The standard InChI is InChI=1S/C20H19ClN2O4S/c1-22(14-18-7-4-12-27-18)20(24)15-5-3-6-17(13-15)23(2)28(25,26)19-10-8-16(21)9-11-19/h3-13H,14H2,1-2H3. The van der Waals surface area contributed by atoms with Crippen molar-refractivity contribution in [3.8, 4) is 0 Å². The highest BCUT2D eigenvalue weighted by molar-refractivity contribution is 7.92. The summed E-state index contributed by atoms with van der Waals surface area (Å²) in [6.45, 7) is 0.314. The first-order valence-electron chi connectivity index (χ1n) is 8.41. The van der Waals surface area contributed by atoms with Crippen LogP contribution in [-0.4, -0.2) is 33.3 Å². The summed E-state index contributed by atoms with van der Waals surface area (Å²) in [4.78, 5) is 14.3. The van der Waals surface area contributed by atoms with Crippen LogP contribution >= 0.6 is 11.6 Å². The van der Waals surface area contributed by atoms with Crippen LogP contribution in [0.2, 0.25) is 5.02 Å². The van der Waals surface area contributed by atoms with Crippen molar-refractivity contribution < 1.29 is 17.6 Å². The van der Waals surface area contributed by atoms with E-state index in [4.69, 9.17) is 16.0 Å². The van der Waals surface area contributed by atoms with E-state index in [0.29, 0.717) is 28.6 Å². The molecule has 0 unspecified atom stereocenters. The summed E-state index contributed by atoms with van der Waals surface area (Å²) in [5.74, 6) is 0.421. The maximum absolute atomic E-state index is 12.8. The first kappa shape index (κ1) is 20.0. The zero-order valence-electron chi connectivity index (χ0n) is 15.4. The lowest BCUT2D eigenvalue weighted by atomic mass is 10.1. The van der Waals surface area contributed by atoms with Gasteiger partial charge in [0.25, 0.3) is 15.9 Å². The molecule has 28 heavy (non-hydrogen) atoms. The number of benzene rings is 2. The molecule has 1 aromatic heterocycles. The van der Waals surface area contributed by atoms with Crippen molar-refractivity contribution >= 4 is 33.2 Å². The van der Waals surface area contributed by atoms with E-state index in [2.05, 4.69) is 0 Å². The van der Waals surface area contributed by atoms with E-state index in [1.54, 1.807) is 49.7 Å². The highest BCUT2D eigenvalue weighted by Crippen LogP contribution is 2.24. The van der Waals surface area contributed by atoms with Gasteiger partial charge in [-0.05, 0) is 54.6 Å². The minimum Gasteiger partial charge on any atom is -0.467 e. The molecule has 1 amide bonds. The normalized spacial score (nSPS) is 11.2. The van der Waals surface area contributed by atoms with Gasteiger partial charge in [0.1, 0.15) is 5.76 Å². The number of amides is 1. The fourth-order valence-electron chi connectivity index (χ4n) is 2.67. The Morgan fingerprint density at radius 2 is 1.75 bits per heavy atom. The second-order valence-corrected chi connectivity index (χ2v) is 8.62. The summed E-state index contributed by atoms with van der Waals surface area (Å²) in [6, 6.07) is 15.9. The Kier molecular flexibility index (Phi) is 5.76. The van der Waals surface area contributed by atoms with Gasteiger partial charge in [-0.15, -0.1) is 0 Å². The number of sulfonamides is 1. The lowest BCUT2D eigenvalue weighted by Crippen LogP contribution is -2.28. The molecule has 0 bridgehead atoms. The number of carbonyl (C=O) groups is 1. The largest absolute Gasteiger partial charge is 0.467 e. The van der Waals surface area contributed by atoms with E-state index in [9.17, 15) is 13.2 Å². The predicted molar refractivity (Wildman–Crippen MR) is 108 cm³/mol. The number of carbonyl (C=O) groups excluding carboxylic acids is 1. The molecule has 3 aromatic rings. The Labute approximate surface area is 169 Å². The number of halogens is 1. The maximum atomic E-state index is 12.8. The van der Waals surface area contributed by atoms with Crippen LogP contribution in [0.25, 0.3) is 0 Å². The third kappa shape index (κ3) is 4.21. The second-order valence-electron chi connectivity index (χ2n) is 6.22. The molecular weight excluding hydrogens is 400 g/mol. The van der Waals surface area contributed by atoms with Gasteiger partial charge >= 0.3 is 0 Å². The second kappa shape index (κ2) is 8.08. The van der Waals surface area contributed by atoms with Crippen LogP contribution in [0.4, 0.5) is 5.69 Å². The molecule has 0 atom stereocenters. The van der Waals surface area contributed by atoms with E-state index in [1.165, 1.54) is 36.2 Å². The molecule has 0 aliphatic carbocycles. The third-order valence-corrected chi connectivity index (χ3v) is 6.30. The van der Waals surface area contributed by atoms with Crippen LogP contribution in [0.3, 0.4) is 0 Å². The zero-order valence-corrected chi connectivity index (χ0v) is 16.9. The number of anilines is 1. The summed E-state index contributed by atoms with van der Waals surface area (Å²) < 4.78 is 32.1. The molecule has 2 aromatic carbocycles. The lowest BCUT2D eigenvalue weighted by molar-refractivity contribution is 0.0775. The molecule has 1 heterocycles. The van der Waals surface area contributed by atoms with Crippen LogP contribution in [-0.2, 0) is 16.6 Å². The van der Waals surface area contributed by atoms with Gasteiger partial charge in [0.05, 0.1) is 23.4 Å². The Bertz CT molecular complexity index is 1060. The van der Waals surface area contributed by atoms with Crippen molar-refractivity contribution in [2.75, 3.05) is 18.4 Å². The van der Waals surface area contributed by atoms with Gasteiger partial charge < -0.3 is 9.32 Å². The minimum absolute atomic E-state index is 0.117. The molecule has 3 rings (SSSR count). The average molecular weight is 419 g/mol. The topological polar surface area (TPSA) is 70.8 Å². The molecule has 0 fully saturated rings.